The van der Waals surface area contributed by atoms with E-state index in [-0.39, 0.29) is 128 Å². The minimum atomic E-state index is -5.10. The van der Waals surface area contributed by atoms with E-state index in [9.17, 15) is 25.9 Å². The van der Waals surface area contributed by atoms with Crippen molar-refractivity contribution >= 4 is 20.8 Å². The molecule has 7 rings (SSSR count). The minimum Gasteiger partial charge on any atom is -0.716 e. The molecular formula is C36H52Na2O9S2V. The van der Waals surface area contributed by atoms with Gasteiger partial charge in [0.15, 0.2) is 0 Å². The fourth-order valence-electron chi connectivity index (χ4n) is 13.8. The van der Waals surface area contributed by atoms with Crippen LogP contribution < -0.4 is 67.5 Å². The molecule has 0 aromatic heterocycles. The van der Waals surface area contributed by atoms with E-state index in [1.54, 1.807) is 0 Å². The Labute approximate surface area is 356 Å². The molecule has 1 radical (unpaired) electrons. The molecule has 5 unspecified atom stereocenters. The van der Waals surface area contributed by atoms with Crippen LogP contribution in [0.15, 0.2) is 12.1 Å². The molecule has 1 aliphatic heterocycles. The monoisotopic (exact) mass is 789 g/mol. The van der Waals surface area contributed by atoms with Gasteiger partial charge in [0.1, 0.15) is 11.5 Å². The van der Waals surface area contributed by atoms with Crippen LogP contribution in [0.25, 0.3) is 0 Å². The van der Waals surface area contributed by atoms with Crippen LogP contribution in [0.1, 0.15) is 130 Å². The zero-order valence-electron chi connectivity index (χ0n) is 31.5. The third kappa shape index (κ3) is 6.84. The molecule has 0 spiro atoms. The smallest absolute Gasteiger partial charge is 0.716 e. The second-order valence-electron chi connectivity index (χ2n) is 18.2. The molecule has 0 bridgehead atoms. The van der Waals surface area contributed by atoms with E-state index in [4.69, 9.17) is 13.1 Å². The first-order chi connectivity index (χ1) is 21.6. The molecule has 1 aromatic carbocycles. The molecule has 1 saturated heterocycles. The third-order valence-electron chi connectivity index (χ3n) is 15.5. The first-order valence-electron chi connectivity index (χ1n) is 17.7. The van der Waals surface area contributed by atoms with Crippen molar-refractivity contribution in [1.82, 2.24) is 0 Å². The average molecular weight is 790 g/mol. The molecular weight excluding hydrogens is 737 g/mol. The Morgan fingerprint density at radius 3 is 1.80 bits per heavy atom. The molecule has 9 nitrogen and oxygen atoms in total. The molecule has 5 fully saturated rings. The fourth-order valence-corrected chi connectivity index (χ4v) is 14.5. The SMILES string of the molecule is CC1(C)CCC[C@]2(C)OC3CC[C@@]4(C)C(CC[C@]5(C)C4CC[C@]4(C)c6c(OS(=O)(=O)[O-])ccc(OS(=O)(=O)[O-])c6CC54)[C@]3(C)CCC12.[Na+].[Na+].[V]. The van der Waals surface area contributed by atoms with Crippen molar-refractivity contribution in [3.8, 4) is 11.5 Å². The molecule has 0 N–H and O–H groups in total. The van der Waals surface area contributed by atoms with Crippen LogP contribution in [0.3, 0.4) is 0 Å². The van der Waals surface area contributed by atoms with Gasteiger partial charge in [-0.1, -0.05) is 48.0 Å². The quantitative estimate of drug-likeness (QED) is 0.250. The molecule has 269 valence electrons. The third-order valence-corrected chi connectivity index (χ3v) is 16.3. The van der Waals surface area contributed by atoms with Crippen molar-refractivity contribution in [2.75, 3.05) is 0 Å². The summed E-state index contributed by atoms with van der Waals surface area (Å²) in [5.41, 5.74) is 0.500. The van der Waals surface area contributed by atoms with Crippen LogP contribution in [-0.4, -0.2) is 37.6 Å². The number of fused-ring (bicyclic) bond motifs is 10. The number of benzene rings is 1. The van der Waals surface area contributed by atoms with E-state index >= 15 is 0 Å². The van der Waals surface area contributed by atoms with Gasteiger partial charge in [0.25, 0.3) is 20.8 Å². The molecule has 4 saturated carbocycles. The van der Waals surface area contributed by atoms with Gasteiger partial charge >= 0.3 is 59.1 Å². The van der Waals surface area contributed by atoms with Gasteiger partial charge in [-0.15, -0.1) is 0 Å². The molecule has 1 heterocycles. The Bertz CT molecular complexity index is 1710. The molecule has 1 aromatic rings. The Kier molecular flexibility index (Phi) is 12.3. The van der Waals surface area contributed by atoms with Gasteiger partial charge in [-0.05, 0) is 135 Å². The zero-order chi connectivity index (χ0) is 34.2. The summed E-state index contributed by atoms with van der Waals surface area (Å²) in [5, 5.41) is 0. The maximum Gasteiger partial charge on any atom is 1.00 e. The van der Waals surface area contributed by atoms with Crippen molar-refractivity contribution in [2.24, 2.45) is 45.3 Å². The summed E-state index contributed by atoms with van der Waals surface area (Å²) in [4.78, 5) is 0. The van der Waals surface area contributed by atoms with Crippen LogP contribution in [0.2, 0.25) is 0 Å². The molecule has 6 aliphatic rings. The van der Waals surface area contributed by atoms with Gasteiger partial charge in [-0.25, -0.2) is 16.8 Å². The average Bonchev–Trinajstić information content (AvgIpc) is 3.18. The summed E-state index contributed by atoms with van der Waals surface area (Å²) in [7, 11) is -10.2. The maximum absolute atomic E-state index is 11.8. The molecule has 14 heteroatoms. The predicted octanol–water partition coefficient (Wildman–Crippen LogP) is 1.20. The Balaban J connectivity index is 0.00000187. The van der Waals surface area contributed by atoms with E-state index in [1.165, 1.54) is 37.8 Å². The summed E-state index contributed by atoms with van der Waals surface area (Å²) in [5.74, 6) is 1.23. The summed E-state index contributed by atoms with van der Waals surface area (Å²) >= 11 is 0. The van der Waals surface area contributed by atoms with E-state index in [0.717, 1.165) is 44.9 Å². The first kappa shape index (κ1) is 43.9. The van der Waals surface area contributed by atoms with Gasteiger partial charge in [0.2, 0.25) is 0 Å². The Morgan fingerprint density at radius 1 is 0.660 bits per heavy atom. The van der Waals surface area contributed by atoms with Gasteiger partial charge in [-0.2, -0.15) is 0 Å². The van der Waals surface area contributed by atoms with E-state index in [1.807, 2.05) is 0 Å². The molecule has 50 heavy (non-hydrogen) atoms. The number of ether oxygens (including phenoxy) is 1. The Hall–Kier alpha value is 1.18. The summed E-state index contributed by atoms with van der Waals surface area (Å²) in [6, 6.07) is 2.49. The molecule has 0 amide bonds. The standard InChI is InChI=1S/C36H54O9S2.2Na.V/c1-31(2)15-8-16-36(7)25(31)11-18-34(5)27-12-17-33(4)26(32(27,3)20-14-29(34)43-36)13-19-35(6)28(33)21-22-23(44-46(37,38)39)9-10-24(30(22)35)45-47(40,41)42;;;/h9-10,25-29H,8,11-21H2,1-7H3,(H,37,38,39)(H,40,41,42);;;/q;2*+1;/p-2/t25?,26?,27?,28?,29?,32-,33-,34+,35+,36+;;;/m1.../s1. The van der Waals surface area contributed by atoms with Crippen molar-refractivity contribution in [2.45, 2.75) is 143 Å². The number of hydrogen-bond donors (Lipinski definition) is 0. The van der Waals surface area contributed by atoms with Crippen molar-refractivity contribution in [1.29, 1.82) is 0 Å². The number of rotatable bonds is 4. The second-order valence-corrected chi connectivity index (χ2v) is 20.1. The number of hydrogen-bond acceptors (Lipinski definition) is 9. The van der Waals surface area contributed by atoms with Crippen LogP contribution >= 0.6 is 0 Å². The van der Waals surface area contributed by atoms with Crippen LogP contribution in [0, 0.1) is 45.3 Å². The summed E-state index contributed by atoms with van der Waals surface area (Å²) in [6.07, 6.45) is 12.4. The minimum absolute atomic E-state index is 0. The summed E-state index contributed by atoms with van der Waals surface area (Å²) in [6.45, 7) is 16.8. The molecule has 10 atom stereocenters. The van der Waals surface area contributed by atoms with Crippen LogP contribution in [0.5, 0.6) is 11.5 Å². The molecule has 5 aliphatic carbocycles. The van der Waals surface area contributed by atoms with Gasteiger partial charge in [-0.3, -0.25) is 0 Å². The van der Waals surface area contributed by atoms with E-state index < -0.39 is 26.2 Å². The van der Waals surface area contributed by atoms with E-state index in [2.05, 4.69) is 48.5 Å². The largest absolute Gasteiger partial charge is 1.00 e. The Morgan fingerprint density at radius 2 is 1.16 bits per heavy atom. The van der Waals surface area contributed by atoms with Gasteiger partial charge in [0, 0.05) is 35.1 Å². The first-order valence-corrected chi connectivity index (χ1v) is 20.4. The normalized spacial score (nSPS) is 42.9. The predicted molar refractivity (Wildman–Crippen MR) is 174 cm³/mol. The van der Waals surface area contributed by atoms with Crippen molar-refractivity contribution < 1.29 is 117 Å². The second kappa shape index (κ2) is 14.0. The van der Waals surface area contributed by atoms with E-state index in [0.29, 0.717) is 35.3 Å². The zero-order valence-corrected chi connectivity index (χ0v) is 38.5. The summed E-state index contributed by atoms with van der Waals surface area (Å²) < 4.78 is 87.9. The topological polar surface area (TPSA) is 142 Å². The van der Waals surface area contributed by atoms with Crippen molar-refractivity contribution in [3.63, 3.8) is 0 Å². The van der Waals surface area contributed by atoms with Gasteiger partial charge in [0.05, 0.1) is 11.7 Å². The maximum atomic E-state index is 11.8. The van der Waals surface area contributed by atoms with Crippen LogP contribution in [-0.2, 0) is 55.9 Å². The van der Waals surface area contributed by atoms with Crippen molar-refractivity contribution in [3.05, 3.63) is 23.3 Å². The van der Waals surface area contributed by atoms with Crippen LogP contribution in [0.4, 0.5) is 0 Å². The fraction of sp³-hybridized carbons (Fsp3) is 0.833. The van der Waals surface area contributed by atoms with Gasteiger partial charge < -0.3 is 22.2 Å².